The number of allylic oxidation sites excluding steroid dienone is 2. The lowest BCUT2D eigenvalue weighted by atomic mass is 10.0. The summed E-state index contributed by atoms with van der Waals surface area (Å²) in [6, 6.07) is 4.78. The van der Waals surface area contributed by atoms with Gasteiger partial charge in [-0.15, -0.1) is 0 Å². The Kier molecular flexibility index (Phi) is 6.61. The maximum absolute atomic E-state index is 12.7. The first kappa shape index (κ1) is 19.5. The van der Waals surface area contributed by atoms with E-state index in [1.165, 1.54) is 10.4 Å². The van der Waals surface area contributed by atoms with Crippen molar-refractivity contribution >= 4 is 27.3 Å². The summed E-state index contributed by atoms with van der Waals surface area (Å²) in [4.78, 5) is 12.5. The minimum atomic E-state index is -3.56. The van der Waals surface area contributed by atoms with E-state index < -0.39 is 10.0 Å². The summed E-state index contributed by atoms with van der Waals surface area (Å²) in [5, 5.41) is 5.85. The van der Waals surface area contributed by atoms with E-state index in [4.69, 9.17) is 0 Å². The molecule has 1 aromatic carbocycles. The van der Waals surface area contributed by atoms with Crippen LogP contribution in [-0.4, -0.2) is 38.8 Å². The Morgan fingerprint density at radius 2 is 1.96 bits per heavy atom. The van der Waals surface area contributed by atoms with E-state index in [1.807, 2.05) is 0 Å². The van der Waals surface area contributed by atoms with Crippen molar-refractivity contribution in [2.24, 2.45) is 5.92 Å². The minimum absolute atomic E-state index is 0.106. The number of nitrogens with zero attached hydrogens (tertiary/aromatic N) is 1. The zero-order valence-corrected chi connectivity index (χ0v) is 15.9. The van der Waals surface area contributed by atoms with Gasteiger partial charge < -0.3 is 10.6 Å². The molecule has 7 heteroatoms. The zero-order valence-electron chi connectivity index (χ0n) is 15.1. The summed E-state index contributed by atoms with van der Waals surface area (Å²) in [6.07, 6.45) is 6.57. The number of benzene rings is 1. The number of carbonyl (C=O) groups is 1. The van der Waals surface area contributed by atoms with Gasteiger partial charge in [-0.25, -0.2) is 8.42 Å². The maximum atomic E-state index is 12.7. The third-order valence-electron chi connectivity index (χ3n) is 4.44. The predicted octanol–water partition coefficient (Wildman–Crippen LogP) is 3.05. The molecule has 0 aliphatic heterocycles. The van der Waals surface area contributed by atoms with Crippen LogP contribution in [0.5, 0.6) is 0 Å². The van der Waals surface area contributed by atoms with Gasteiger partial charge in [0.25, 0.3) is 0 Å². The van der Waals surface area contributed by atoms with Gasteiger partial charge in [-0.05, 0) is 37.0 Å². The molecule has 0 saturated carbocycles. The van der Waals surface area contributed by atoms with Crippen LogP contribution >= 0.6 is 0 Å². The molecule has 1 amide bonds. The summed E-state index contributed by atoms with van der Waals surface area (Å²) in [5.74, 6) is 0.158. The van der Waals surface area contributed by atoms with Crippen molar-refractivity contribution in [2.75, 3.05) is 30.8 Å². The van der Waals surface area contributed by atoms with Gasteiger partial charge in [-0.3, -0.25) is 4.79 Å². The van der Waals surface area contributed by atoms with Gasteiger partial charge in [0.05, 0.1) is 16.3 Å². The van der Waals surface area contributed by atoms with Gasteiger partial charge in [-0.2, -0.15) is 4.31 Å². The third kappa shape index (κ3) is 4.61. The highest BCUT2D eigenvalue weighted by atomic mass is 32.2. The molecule has 25 heavy (non-hydrogen) atoms. The molecule has 138 valence electrons. The molecule has 0 unspecified atom stereocenters. The van der Waals surface area contributed by atoms with Crippen LogP contribution in [0.3, 0.4) is 0 Å². The van der Waals surface area contributed by atoms with Crippen molar-refractivity contribution in [3.05, 3.63) is 30.4 Å². The molecular weight excluding hydrogens is 338 g/mol. The molecule has 0 heterocycles. The van der Waals surface area contributed by atoms with Crippen LogP contribution in [0.1, 0.15) is 33.1 Å². The quantitative estimate of drug-likeness (QED) is 0.694. The number of nitrogens with one attached hydrogen (secondary N) is 2. The van der Waals surface area contributed by atoms with Crippen LogP contribution in [0.15, 0.2) is 35.2 Å². The molecule has 0 fully saturated rings. The van der Waals surface area contributed by atoms with Gasteiger partial charge in [0, 0.05) is 26.6 Å². The van der Waals surface area contributed by atoms with Crippen LogP contribution in [0.2, 0.25) is 0 Å². The molecule has 0 spiro atoms. The van der Waals surface area contributed by atoms with Crippen LogP contribution in [0.4, 0.5) is 11.4 Å². The van der Waals surface area contributed by atoms with Crippen molar-refractivity contribution in [3.63, 3.8) is 0 Å². The van der Waals surface area contributed by atoms with E-state index in [9.17, 15) is 13.2 Å². The van der Waals surface area contributed by atoms with Crippen LogP contribution in [0, 0.1) is 5.92 Å². The summed E-state index contributed by atoms with van der Waals surface area (Å²) < 4.78 is 26.8. The molecule has 0 saturated heterocycles. The number of rotatable bonds is 8. The molecule has 0 bridgehead atoms. The second kappa shape index (κ2) is 8.49. The number of hydrogen-bond acceptors (Lipinski definition) is 4. The predicted molar refractivity (Wildman–Crippen MR) is 101 cm³/mol. The van der Waals surface area contributed by atoms with Gasteiger partial charge in [0.1, 0.15) is 0 Å². The van der Waals surface area contributed by atoms with Gasteiger partial charge >= 0.3 is 0 Å². The number of carbonyl (C=O) groups excluding carboxylic acids is 1. The fourth-order valence-corrected chi connectivity index (χ4v) is 4.51. The van der Waals surface area contributed by atoms with Crippen LogP contribution in [-0.2, 0) is 14.8 Å². The van der Waals surface area contributed by atoms with Gasteiger partial charge in [-0.1, -0.05) is 26.0 Å². The summed E-state index contributed by atoms with van der Waals surface area (Å²) >= 11 is 0. The largest absolute Gasteiger partial charge is 0.386 e. The molecular formula is C18H27N3O3S. The lowest BCUT2D eigenvalue weighted by Gasteiger charge is -2.20. The highest BCUT2D eigenvalue weighted by Crippen LogP contribution is 2.28. The normalized spacial score (nSPS) is 17.0. The second-order valence-electron chi connectivity index (χ2n) is 6.06. The second-order valence-corrected chi connectivity index (χ2v) is 8.00. The average Bonchev–Trinajstić information content (AvgIpc) is 3.08. The van der Waals surface area contributed by atoms with Crippen LogP contribution in [0.25, 0.3) is 0 Å². The van der Waals surface area contributed by atoms with E-state index in [0.717, 1.165) is 12.8 Å². The molecule has 2 N–H and O–H groups in total. The fourth-order valence-electron chi connectivity index (χ4n) is 3.02. The fraction of sp³-hybridized carbons (Fsp3) is 0.500. The topological polar surface area (TPSA) is 78.5 Å². The molecule has 1 aliphatic rings. The van der Waals surface area contributed by atoms with Crippen molar-refractivity contribution in [3.8, 4) is 0 Å². The lowest BCUT2D eigenvalue weighted by molar-refractivity contribution is -0.116. The van der Waals surface area contributed by atoms with E-state index >= 15 is 0 Å². The van der Waals surface area contributed by atoms with Crippen LogP contribution < -0.4 is 10.6 Å². The zero-order chi connectivity index (χ0) is 18.4. The van der Waals surface area contributed by atoms with Gasteiger partial charge in [0.2, 0.25) is 15.9 Å². The monoisotopic (exact) mass is 365 g/mol. The molecule has 1 aliphatic carbocycles. The molecule has 1 atom stereocenters. The molecule has 6 nitrogen and oxygen atoms in total. The Morgan fingerprint density at radius 3 is 2.52 bits per heavy atom. The van der Waals surface area contributed by atoms with Crippen molar-refractivity contribution in [1.82, 2.24) is 4.31 Å². The van der Waals surface area contributed by atoms with Gasteiger partial charge in [0.15, 0.2) is 0 Å². The number of anilines is 2. The first-order valence-corrected chi connectivity index (χ1v) is 10.1. The van der Waals surface area contributed by atoms with E-state index in [-0.39, 0.29) is 16.7 Å². The standard InChI is InChI=1S/C18H27N3O3S/c1-4-21(5-2)25(23,24)15-10-11-16(19-3)17(13-15)20-18(22)12-14-8-6-7-9-14/h6,8,10-11,13-14,19H,4-5,7,9,12H2,1-3H3,(H,20,22)/t14-/m0/s1. The number of sulfonamides is 1. The summed E-state index contributed by atoms with van der Waals surface area (Å²) in [5.41, 5.74) is 1.18. The number of amides is 1. The Balaban J connectivity index is 2.24. The lowest BCUT2D eigenvalue weighted by Crippen LogP contribution is -2.30. The molecule has 1 aromatic rings. The minimum Gasteiger partial charge on any atom is -0.386 e. The van der Waals surface area contributed by atoms with E-state index in [1.54, 1.807) is 33.0 Å². The summed E-state index contributed by atoms with van der Waals surface area (Å²) in [7, 11) is -1.82. The van der Waals surface area contributed by atoms with Crippen molar-refractivity contribution < 1.29 is 13.2 Å². The van der Waals surface area contributed by atoms with E-state index in [2.05, 4.69) is 22.8 Å². The Hall–Kier alpha value is -1.86. The average molecular weight is 365 g/mol. The Morgan fingerprint density at radius 1 is 1.24 bits per heavy atom. The molecule has 0 radical (unpaired) electrons. The molecule has 2 rings (SSSR count). The summed E-state index contributed by atoms with van der Waals surface area (Å²) in [6.45, 7) is 4.42. The first-order valence-electron chi connectivity index (χ1n) is 8.70. The van der Waals surface area contributed by atoms with Crippen molar-refractivity contribution in [1.29, 1.82) is 0 Å². The molecule has 0 aromatic heterocycles. The SMILES string of the molecule is CCN(CC)S(=O)(=O)c1ccc(NC)c(NC(=O)C[C@H]2C=CCC2)c1. The highest BCUT2D eigenvalue weighted by Gasteiger charge is 2.23. The Bertz CT molecular complexity index is 740. The smallest absolute Gasteiger partial charge is 0.243 e. The highest BCUT2D eigenvalue weighted by molar-refractivity contribution is 7.89. The van der Waals surface area contributed by atoms with E-state index in [0.29, 0.717) is 30.9 Å². The maximum Gasteiger partial charge on any atom is 0.243 e. The third-order valence-corrected chi connectivity index (χ3v) is 6.48. The first-order chi connectivity index (χ1) is 11.9. The number of hydrogen-bond donors (Lipinski definition) is 2. The van der Waals surface area contributed by atoms with Crippen molar-refractivity contribution in [2.45, 2.75) is 38.0 Å². The Labute approximate surface area is 150 Å².